The van der Waals surface area contributed by atoms with E-state index in [1.807, 2.05) is 11.6 Å². The van der Waals surface area contributed by atoms with E-state index in [9.17, 15) is 4.39 Å². The summed E-state index contributed by atoms with van der Waals surface area (Å²) in [5.74, 6) is 0.821. The molecule has 2 aromatic rings. The maximum absolute atomic E-state index is 13.2. The molecule has 0 amide bonds. The summed E-state index contributed by atoms with van der Waals surface area (Å²) in [5.41, 5.74) is 3.25. The Kier molecular flexibility index (Phi) is 4.73. The first-order chi connectivity index (χ1) is 10.8. The van der Waals surface area contributed by atoms with Gasteiger partial charge in [-0.2, -0.15) is 5.10 Å². The van der Waals surface area contributed by atoms with E-state index in [1.54, 1.807) is 12.1 Å². The van der Waals surface area contributed by atoms with Crippen molar-refractivity contribution in [3.63, 3.8) is 0 Å². The third-order valence-electron chi connectivity index (χ3n) is 3.97. The van der Waals surface area contributed by atoms with Gasteiger partial charge < -0.3 is 10.1 Å². The molecule has 0 fully saturated rings. The van der Waals surface area contributed by atoms with E-state index in [-0.39, 0.29) is 5.82 Å². The monoisotopic (exact) mass is 303 g/mol. The summed E-state index contributed by atoms with van der Waals surface area (Å²) in [5, 5.41) is 8.24. The first-order valence-electron chi connectivity index (χ1n) is 7.98. The van der Waals surface area contributed by atoms with Crippen molar-refractivity contribution in [1.82, 2.24) is 9.78 Å². The Labute approximate surface area is 130 Å². The van der Waals surface area contributed by atoms with Crippen molar-refractivity contribution < 1.29 is 9.13 Å². The highest BCUT2D eigenvalue weighted by Crippen LogP contribution is 2.28. The zero-order chi connectivity index (χ0) is 15.4. The summed E-state index contributed by atoms with van der Waals surface area (Å²) < 4.78 is 20.5. The van der Waals surface area contributed by atoms with E-state index in [0.29, 0.717) is 6.61 Å². The molecule has 22 heavy (non-hydrogen) atoms. The third-order valence-corrected chi connectivity index (χ3v) is 3.97. The quantitative estimate of drug-likeness (QED) is 0.861. The Bertz CT molecular complexity index is 622. The lowest BCUT2D eigenvalue weighted by atomic mass is 10.1. The molecular formula is C17H22FN3O. The number of nitrogens with zero attached hydrogens (tertiary/aromatic N) is 2. The average Bonchev–Trinajstić information content (AvgIpc) is 2.71. The molecule has 2 heterocycles. The predicted octanol–water partition coefficient (Wildman–Crippen LogP) is 3.34. The summed E-state index contributed by atoms with van der Waals surface area (Å²) in [6.07, 6.45) is 4.16. The second-order valence-corrected chi connectivity index (χ2v) is 5.49. The summed E-state index contributed by atoms with van der Waals surface area (Å²) in [4.78, 5) is 0. The van der Waals surface area contributed by atoms with Gasteiger partial charge >= 0.3 is 0 Å². The first-order valence-corrected chi connectivity index (χ1v) is 7.98. The fraction of sp³-hybridized carbons (Fsp3) is 0.471. The number of hydrogen-bond acceptors (Lipinski definition) is 3. The van der Waals surface area contributed by atoms with Gasteiger partial charge in [-0.3, -0.25) is 0 Å². The molecule has 118 valence electrons. The smallest absolute Gasteiger partial charge is 0.133 e. The lowest BCUT2D eigenvalue weighted by Gasteiger charge is -2.09. The molecule has 0 unspecified atom stereocenters. The van der Waals surface area contributed by atoms with Gasteiger partial charge in [0.15, 0.2) is 0 Å². The molecule has 0 spiro atoms. The van der Waals surface area contributed by atoms with Gasteiger partial charge in [-0.25, -0.2) is 9.07 Å². The van der Waals surface area contributed by atoms with Crippen LogP contribution in [0.15, 0.2) is 24.3 Å². The van der Waals surface area contributed by atoms with Gasteiger partial charge in [-0.1, -0.05) is 0 Å². The fourth-order valence-corrected chi connectivity index (χ4v) is 2.86. The van der Waals surface area contributed by atoms with Crippen LogP contribution in [0, 0.1) is 5.82 Å². The Morgan fingerprint density at radius 1 is 1.27 bits per heavy atom. The average molecular weight is 303 g/mol. The number of rotatable bonds is 5. The van der Waals surface area contributed by atoms with E-state index < -0.39 is 0 Å². The van der Waals surface area contributed by atoms with Crippen molar-refractivity contribution in [2.75, 3.05) is 25.1 Å². The summed E-state index contributed by atoms with van der Waals surface area (Å²) >= 11 is 0. The minimum atomic E-state index is -0.230. The number of hydrogen-bond donors (Lipinski definition) is 1. The van der Waals surface area contributed by atoms with Crippen LogP contribution in [-0.2, 0) is 17.6 Å². The first kappa shape index (κ1) is 15.0. The molecule has 5 heteroatoms. The summed E-state index contributed by atoms with van der Waals surface area (Å²) in [6, 6.07) is 6.48. The Hall–Kier alpha value is -1.88. The second-order valence-electron chi connectivity index (χ2n) is 5.49. The van der Waals surface area contributed by atoms with Crippen LogP contribution < -0.4 is 5.32 Å². The van der Waals surface area contributed by atoms with Crippen molar-refractivity contribution in [2.45, 2.75) is 32.6 Å². The zero-order valence-electron chi connectivity index (χ0n) is 12.9. The minimum Gasteiger partial charge on any atom is -0.381 e. The number of benzene rings is 1. The van der Waals surface area contributed by atoms with Crippen LogP contribution in [0.5, 0.6) is 0 Å². The van der Waals surface area contributed by atoms with Crippen LogP contribution in [0.25, 0.3) is 5.69 Å². The molecule has 1 N–H and O–H groups in total. The molecule has 4 nitrogen and oxygen atoms in total. The summed E-state index contributed by atoms with van der Waals surface area (Å²) in [7, 11) is 0. The van der Waals surface area contributed by atoms with Crippen molar-refractivity contribution in [2.24, 2.45) is 0 Å². The van der Waals surface area contributed by atoms with E-state index >= 15 is 0 Å². The van der Waals surface area contributed by atoms with E-state index in [2.05, 4.69) is 5.32 Å². The van der Waals surface area contributed by atoms with Gasteiger partial charge in [0.2, 0.25) is 0 Å². The van der Waals surface area contributed by atoms with Crippen LogP contribution in [0.2, 0.25) is 0 Å². The third kappa shape index (κ3) is 3.14. The SMILES string of the molecule is CCOCCc1nn(-c2ccc(F)cc2)c2c1CCCCN2. The highest BCUT2D eigenvalue weighted by molar-refractivity contribution is 5.54. The Morgan fingerprint density at radius 2 is 2.09 bits per heavy atom. The van der Waals surface area contributed by atoms with Crippen LogP contribution in [0.4, 0.5) is 10.2 Å². The fourth-order valence-electron chi connectivity index (χ4n) is 2.86. The molecule has 1 aromatic carbocycles. The molecule has 0 aliphatic carbocycles. The van der Waals surface area contributed by atoms with Gasteiger partial charge in [-0.05, 0) is 50.5 Å². The van der Waals surface area contributed by atoms with Gasteiger partial charge in [0, 0.05) is 25.1 Å². The van der Waals surface area contributed by atoms with Crippen molar-refractivity contribution >= 4 is 5.82 Å². The molecule has 0 bridgehead atoms. The Morgan fingerprint density at radius 3 is 2.86 bits per heavy atom. The number of aromatic nitrogens is 2. The Balaban J connectivity index is 1.96. The lowest BCUT2D eigenvalue weighted by Crippen LogP contribution is -2.07. The molecule has 0 atom stereocenters. The number of fused-ring (bicyclic) bond motifs is 1. The highest BCUT2D eigenvalue weighted by atomic mass is 19.1. The van der Waals surface area contributed by atoms with E-state index in [4.69, 9.17) is 9.84 Å². The molecule has 3 rings (SSSR count). The standard InChI is InChI=1S/C17H22FN3O/c1-2-22-12-10-16-15-5-3-4-11-19-17(15)21(20-16)14-8-6-13(18)7-9-14/h6-9,19H,2-5,10-12H2,1H3. The lowest BCUT2D eigenvalue weighted by molar-refractivity contribution is 0.150. The molecule has 1 aliphatic rings. The second kappa shape index (κ2) is 6.92. The van der Waals surface area contributed by atoms with Crippen molar-refractivity contribution in [1.29, 1.82) is 0 Å². The normalized spacial score (nSPS) is 14.3. The largest absolute Gasteiger partial charge is 0.381 e. The van der Waals surface area contributed by atoms with Gasteiger partial charge in [0.25, 0.3) is 0 Å². The van der Waals surface area contributed by atoms with Crippen LogP contribution in [0.3, 0.4) is 0 Å². The molecular weight excluding hydrogens is 281 g/mol. The highest BCUT2D eigenvalue weighted by Gasteiger charge is 2.20. The van der Waals surface area contributed by atoms with E-state index in [1.165, 1.54) is 17.7 Å². The number of nitrogens with one attached hydrogen (secondary N) is 1. The minimum absolute atomic E-state index is 0.230. The van der Waals surface area contributed by atoms with Crippen molar-refractivity contribution in [3.8, 4) is 5.69 Å². The number of ether oxygens (including phenoxy) is 1. The molecule has 0 radical (unpaired) electrons. The van der Waals surface area contributed by atoms with Gasteiger partial charge in [0.05, 0.1) is 18.0 Å². The predicted molar refractivity (Wildman–Crippen MR) is 85.1 cm³/mol. The van der Waals surface area contributed by atoms with Crippen molar-refractivity contribution in [3.05, 3.63) is 41.3 Å². The van der Waals surface area contributed by atoms with E-state index in [0.717, 1.165) is 56.0 Å². The topological polar surface area (TPSA) is 39.1 Å². The zero-order valence-corrected chi connectivity index (χ0v) is 12.9. The summed E-state index contributed by atoms with van der Waals surface area (Å²) in [6.45, 7) is 4.35. The van der Waals surface area contributed by atoms with Crippen LogP contribution >= 0.6 is 0 Å². The molecule has 0 saturated heterocycles. The van der Waals surface area contributed by atoms with Gasteiger partial charge in [-0.15, -0.1) is 0 Å². The maximum atomic E-state index is 13.2. The molecule has 1 aromatic heterocycles. The number of halogens is 1. The molecule has 0 saturated carbocycles. The molecule has 1 aliphatic heterocycles. The maximum Gasteiger partial charge on any atom is 0.133 e. The number of anilines is 1. The van der Waals surface area contributed by atoms with Gasteiger partial charge in [0.1, 0.15) is 11.6 Å². The van der Waals surface area contributed by atoms with Crippen LogP contribution in [0.1, 0.15) is 31.0 Å². The van der Waals surface area contributed by atoms with Crippen LogP contribution in [-0.4, -0.2) is 29.5 Å².